The molecule has 5 nitrogen and oxygen atoms in total. The number of carbonyl (C=O) groups is 1. The first-order valence-corrected chi connectivity index (χ1v) is 8.43. The van der Waals surface area contributed by atoms with Crippen LogP contribution in [0.1, 0.15) is 25.1 Å². The highest BCUT2D eigenvalue weighted by molar-refractivity contribution is 7.14. The van der Waals surface area contributed by atoms with E-state index in [4.69, 9.17) is 9.47 Å². The molecule has 26 heavy (non-hydrogen) atoms. The third kappa shape index (κ3) is 5.48. The van der Waals surface area contributed by atoms with Crippen LogP contribution in [0.25, 0.3) is 6.08 Å². The van der Waals surface area contributed by atoms with Gasteiger partial charge in [0.25, 0.3) is 0 Å². The smallest absolute Gasteiger partial charge is 0.434 e. The summed E-state index contributed by atoms with van der Waals surface area (Å²) in [5, 5.41) is 3.02. The van der Waals surface area contributed by atoms with E-state index < -0.39 is 17.8 Å². The summed E-state index contributed by atoms with van der Waals surface area (Å²) in [5.74, 6) is 0.497. The van der Waals surface area contributed by atoms with Gasteiger partial charge in [0.2, 0.25) is 5.91 Å². The monoisotopic (exact) mass is 386 g/mol. The van der Waals surface area contributed by atoms with Gasteiger partial charge in [-0.15, -0.1) is 11.3 Å². The predicted octanol–water partition coefficient (Wildman–Crippen LogP) is 4.61. The van der Waals surface area contributed by atoms with Crippen molar-refractivity contribution in [3.05, 3.63) is 40.9 Å². The van der Waals surface area contributed by atoms with Crippen molar-refractivity contribution in [2.75, 3.05) is 12.4 Å². The molecule has 1 amide bonds. The van der Waals surface area contributed by atoms with Crippen molar-refractivity contribution >= 4 is 28.5 Å². The van der Waals surface area contributed by atoms with Gasteiger partial charge in [-0.05, 0) is 37.6 Å². The zero-order chi connectivity index (χ0) is 19.3. The number of hydrogen-bond donors (Lipinski definition) is 1. The second-order valence-electron chi connectivity index (χ2n) is 5.44. The molecule has 2 rings (SSSR count). The van der Waals surface area contributed by atoms with Crippen LogP contribution in [-0.2, 0) is 11.0 Å². The van der Waals surface area contributed by atoms with Crippen LogP contribution in [0.3, 0.4) is 0 Å². The van der Waals surface area contributed by atoms with Gasteiger partial charge >= 0.3 is 6.18 Å². The summed E-state index contributed by atoms with van der Waals surface area (Å²) in [6.45, 7) is 3.78. The molecular weight excluding hydrogens is 369 g/mol. The van der Waals surface area contributed by atoms with Gasteiger partial charge in [0, 0.05) is 11.5 Å². The maximum atomic E-state index is 12.5. The molecule has 0 aliphatic rings. The molecule has 140 valence electrons. The highest BCUT2D eigenvalue weighted by Crippen LogP contribution is 2.32. The van der Waals surface area contributed by atoms with Gasteiger partial charge in [0.05, 0.1) is 13.2 Å². The molecule has 0 saturated carbocycles. The lowest BCUT2D eigenvalue weighted by Crippen LogP contribution is -2.09. The summed E-state index contributed by atoms with van der Waals surface area (Å²) in [5.41, 5.74) is -0.365. The average Bonchev–Trinajstić information content (AvgIpc) is 3.02. The number of methoxy groups -OCH3 is 1. The van der Waals surface area contributed by atoms with Gasteiger partial charge in [0.15, 0.2) is 22.3 Å². The third-order valence-corrected chi connectivity index (χ3v) is 3.76. The molecule has 2 aromatic rings. The third-order valence-electron chi connectivity index (χ3n) is 3.00. The van der Waals surface area contributed by atoms with Gasteiger partial charge < -0.3 is 9.47 Å². The van der Waals surface area contributed by atoms with E-state index in [1.54, 1.807) is 18.2 Å². The Balaban J connectivity index is 2.04. The van der Waals surface area contributed by atoms with Crippen LogP contribution in [0.15, 0.2) is 29.7 Å². The number of ether oxygens (including phenoxy) is 2. The van der Waals surface area contributed by atoms with Crippen molar-refractivity contribution in [2.24, 2.45) is 0 Å². The lowest BCUT2D eigenvalue weighted by molar-refractivity contribution is -0.140. The number of alkyl halides is 3. The van der Waals surface area contributed by atoms with Crippen molar-refractivity contribution in [3.63, 3.8) is 0 Å². The Bertz CT molecular complexity index is 801. The van der Waals surface area contributed by atoms with Crippen molar-refractivity contribution < 1.29 is 27.4 Å². The van der Waals surface area contributed by atoms with Gasteiger partial charge in [0.1, 0.15) is 0 Å². The fourth-order valence-electron chi connectivity index (χ4n) is 1.92. The number of hydrogen-bond acceptors (Lipinski definition) is 5. The molecule has 1 heterocycles. The van der Waals surface area contributed by atoms with Gasteiger partial charge in [-0.2, -0.15) is 13.2 Å². The van der Waals surface area contributed by atoms with Gasteiger partial charge in [-0.3, -0.25) is 10.1 Å². The number of halogens is 3. The summed E-state index contributed by atoms with van der Waals surface area (Å²) in [7, 11) is 1.50. The summed E-state index contributed by atoms with van der Waals surface area (Å²) >= 11 is 0.707. The molecule has 0 radical (unpaired) electrons. The van der Waals surface area contributed by atoms with Crippen LogP contribution < -0.4 is 14.8 Å². The van der Waals surface area contributed by atoms with E-state index >= 15 is 0 Å². The molecule has 0 aliphatic carbocycles. The lowest BCUT2D eigenvalue weighted by atomic mass is 10.2. The van der Waals surface area contributed by atoms with E-state index in [2.05, 4.69) is 10.3 Å². The van der Waals surface area contributed by atoms with Crippen molar-refractivity contribution in [1.82, 2.24) is 4.98 Å². The van der Waals surface area contributed by atoms with E-state index in [0.29, 0.717) is 28.4 Å². The Morgan fingerprint density at radius 2 is 2.04 bits per heavy atom. The summed E-state index contributed by atoms with van der Waals surface area (Å²) in [6.07, 6.45) is -1.84. The predicted molar refractivity (Wildman–Crippen MR) is 93.5 cm³/mol. The highest BCUT2D eigenvalue weighted by atomic mass is 32.1. The standard InChI is InChI=1S/C17H17F3N2O3S/c1-10(2)25-12-6-4-11(8-13(12)24-3)5-7-15(23)22-16-21-14(9-26-16)17(18,19)20/h4-10H,1-3H3,(H,21,22,23)/b7-5+. The van der Waals surface area contributed by atoms with Crippen LogP contribution in [-0.4, -0.2) is 24.1 Å². The fraction of sp³-hybridized carbons (Fsp3) is 0.294. The second kappa shape index (κ2) is 8.22. The molecule has 0 aliphatic heterocycles. The quantitative estimate of drug-likeness (QED) is 0.737. The Morgan fingerprint density at radius 1 is 1.31 bits per heavy atom. The Labute approximate surface area is 152 Å². The zero-order valence-corrected chi connectivity index (χ0v) is 15.1. The van der Waals surface area contributed by atoms with Crippen LogP contribution in [0.4, 0.5) is 18.3 Å². The number of aromatic nitrogens is 1. The Morgan fingerprint density at radius 3 is 2.62 bits per heavy atom. The number of nitrogens with one attached hydrogen (secondary N) is 1. The maximum Gasteiger partial charge on any atom is 0.434 e. The van der Waals surface area contributed by atoms with Crippen molar-refractivity contribution in [1.29, 1.82) is 0 Å². The largest absolute Gasteiger partial charge is 0.493 e. The van der Waals surface area contributed by atoms with E-state index in [0.717, 1.165) is 5.38 Å². The normalized spacial score (nSPS) is 11.8. The summed E-state index contributed by atoms with van der Waals surface area (Å²) in [6, 6.07) is 5.13. The molecular formula is C17H17F3N2O3S. The van der Waals surface area contributed by atoms with Crippen molar-refractivity contribution in [2.45, 2.75) is 26.1 Å². The van der Waals surface area contributed by atoms with Crippen molar-refractivity contribution in [3.8, 4) is 11.5 Å². The first-order valence-electron chi connectivity index (χ1n) is 7.55. The number of carbonyl (C=O) groups excluding carboxylic acids is 1. The minimum atomic E-state index is -4.54. The number of anilines is 1. The molecule has 0 atom stereocenters. The Hall–Kier alpha value is -2.55. The topological polar surface area (TPSA) is 60.5 Å². The number of amides is 1. The van der Waals surface area contributed by atoms with Crippen LogP contribution >= 0.6 is 11.3 Å². The van der Waals surface area contributed by atoms with Crippen LogP contribution in [0.5, 0.6) is 11.5 Å². The SMILES string of the molecule is COc1cc(/C=C/C(=O)Nc2nc(C(F)(F)F)cs2)ccc1OC(C)C. The number of nitrogens with zero attached hydrogens (tertiary/aromatic N) is 1. The van der Waals surface area contributed by atoms with Gasteiger partial charge in [-0.25, -0.2) is 4.98 Å². The molecule has 9 heteroatoms. The number of thiazole rings is 1. The lowest BCUT2D eigenvalue weighted by Gasteiger charge is -2.13. The Kier molecular flexibility index (Phi) is 6.25. The maximum absolute atomic E-state index is 12.5. The van der Waals surface area contributed by atoms with E-state index in [1.807, 2.05) is 13.8 Å². The van der Waals surface area contributed by atoms with E-state index in [1.165, 1.54) is 19.3 Å². The molecule has 0 unspecified atom stereocenters. The van der Waals surface area contributed by atoms with Gasteiger partial charge in [-0.1, -0.05) is 6.07 Å². The molecule has 0 spiro atoms. The molecule has 0 fully saturated rings. The first kappa shape index (κ1) is 19.8. The van der Waals surface area contributed by atoms with Crippen LogP contribution in [0.2, 0.25) is 0 Å². The second-order valence-corrected chi connectivity index (χ2v) is 6.29. The summed E-state index contributed by atoms with van der Waals surface area (Å²) in [4.78, 5) is 15.2. The zero-order valence-electron chi connectivity index (χ0n) is 14.3. The first-order chi connectivity index (χ1) is 12.2. The van der Waals surface area contributed by atoms with E-state index in [-0.39, 0.29) is 11.2 Å². The molecule has 0 bridgehead atoms. The molecule has 1 aromatic heterocycles. The number of rotatable bonds is 6. The average molecular weight is 386 g/mol. The summed E-state index contributed by atoms with van der Waals surface area (Å²) < 4.78 is 48.3. The molecule has 0 saturated heterocycles. The minimum Gasteiger partial charge on any atom is -0.493 e. The molecule has 1 N–H and O–H groups in total. The highest BCUT2D eigenvalue weighted by Gasteiger charge is 2.33. The number of benzene rings is 1. The fourth-order valence-corrected chi connectivity index (χ4v) is 2.64. The molecule has 1 aromatic carbocycles. The van der Waals surface area contributed by atoms with Crippen LogP contribution in [0, 0.1) is 0 Å². The van der Waals surface area contributed by atoms with E-state index in [9.17, 15) is 18.0 Å². The minimum absolute atomic E-state index is 0.0176.